The Bertz CT molecular complexity index is 640. The lowest BCUT2D eigenvalue weighted by atomic mass is 10.0. The van der Waals surface area contributed by atoms with Gasteiger partial charge in [-0.2, -0.15) is 0 Å². The van der Waals surface area contributed by atoms with E-state index in [0.717, 1.165) is 0 Å². The van der Waals surface area contributed by atoms with Crippen LogP contribution in [0.4, 0.5) is 5.69 Å². The number of fused-ring (bicyclic) bond motifs is 1. The summed E-state index contributed by atoms with van der Waals surface area (Å²) in [6.07, 6.45) is 1.49. The summed E-state index contributed by atoms with van der Waals surface area (Å²) in [4.78, 5) is 38.1. The second kappa shape index (κ2) is 7.95. The Hall–Kier alpha value is -2.37. The van der Waals surface area contributed by atoms with E-state index >= 15 is 0 Å². The predicted molar refractivity (Wildman–Crippen MR) is 89.4 cm³/mol. The van der Waals surface area contributed by atoms with E-state index in [9.17, 15) is 14.4 Å². The van der Waals surface area contributed by atoms with Crippen LogP contribution in [0.1, 0.15) is 50.4 Å². The molecule has 0 aliphatic carbocycles. The molecule has 0 fully saturated rings. The molecule has 1 atom stereocenters. The minimum Gasteiger partial charge on any atom is -0.482 e. The first-order chi connectivity index (χ1) is 11.5. The Morgan fingerprint density at radius 2 is 2.04 bits per heavy atom. The highest BCUT2D eigenvalue weighted by Crippen LogP contribution is 2.35. The van der Waals surface area contributed by atoms with Crippen LogP contribution in [0.25, 0.3) is 0 Å². The average Bonchev–Trinajstić information content (AvgIpc) is 2.61. The average molecular weight is 333 g/mol. The van der Waals surface area contributed by atoms with Gasteiger partial charge in [0.2, 0.25) is 0 Å². The number of carbonyl (C=O) groups excluding carboxylic acids is 3. The summed E-state index contributed by atoms with van der Waals surface area (Å²) in [5.74, 6) is -0.293. The van der Waals surface area contributed by atoms with Gasteiger partial charge in [-0.25, -0.2) is 4.79 Å². The maximum atomic E-state index is 12.4. The third kappa shape index (κ3) is 3.58. The van der Waals surface area contributed by atoms with Crippen molar-refractivity contribution in [2.45, 2.75) is 46.1 Å². The molecule has 0 saturated carbocycles. The topological polar surface area (TPSA) is 72.9 Å². The van der Waals surface area contributed by atoms with E-state index in [1.807, 2.05) is 13.8 Å². The molecule has 1 aliphatic heterocycles. The molecule has 6 nitrogen and oxygen atoms in total. The number of carbonyl (C=O) groups is 3. The van der Waals surface area contributed by atoms with Gasteiger partial charge in [-0.05, 0) is 31.0 Å². The van der Waals surface area contributed by atoms with E-state index in [2.05, 4.69) is 0 Å². The Morgan fingerprint density at radius 3 is 2.67 bits per heavy atom. The van der Waals surface area contributed by atoms with Gasteiger partial charge >= 0.3 is 5.97 Å². The minimum absolute atomic E-state index is 0.0302. The van der Waals surface area contributed by atoms with E-state index in [4.69, 9.17) is 9.47 Å². The molecule has 0 spiro atoms. The minimum atomic E-state index is -0.723. The number of ketones is 1. The monoisotopic (exact) mass is 333 g/mol. The zero-order valence-corrected chi connectivity index (χ0v) is 14.3. The van der Waals surface area contributed by atoms with Crippen molar-refractivity contribution in [1.82, 2.24) is 0 Å². The summed E-state index contributed by atoms with van der Waals surface area (Å²) in [6, 6.07) is 4.24. The van der Waals surface area contributed by atoms with Crippen molar-refractivity contribution in [3.8, 4) is 5.75 Å². The quantitative estimate of drug-likeness (QED) is 0.567. The lowest BCUT2D eigenvalue weighted by Crippen LogP contribution is -2.50. The first-order valence-electron chi connectivity index (χ1n) is 8.32. The molecular formula is C18H23NO5. The summed E-state index contributed by atoms with van der Waals surface area (Å²) in [5.41, 5.74) is 0.946. The van der Waals surface area contributed by atoms with Crippen molar-refractivity contribution in [1.29, 1.82) is 0 Å². The third-order valence-electron chi connectivity index (χ3n) is 3.90. The zero-order chi connectivity index (χ0) is 17.7. The summed E-state index contributed by atoms with van der Waals surface area (Å²) in [6.45, 7) is 5.69. The van der Waals surface area contributed by atoms with Gasteiger partial charge < -0.3 is 9.47 Å². The molecule has 130 valence electrons. The van der Waals surface area contributed by atoms with Gasteiger partial charge in [0.25, 0.3) is 5.91 Å². The first kappa shape index (κ1) is 18.0. The van der Waals surface area contributed by atoms with E-state index in [1.54, 1.807) is 25.1 Å². The maximum absolute atomic E-state index is 12.4. The van der Waals surface area contributed by atoms with Crippen LogP contribution in [0.15, 0.2) is 18.2 Å². The van der Waals surface area contributed by atoms with Gasteiger partial charge in [-0.1, -0.05) is 20.8 Å². The maximum Gasteiger partial charge on any atom is 0.329 e. The van der Waals surface area contributed by atoms with Gasteiger partial charge in [0.15, 0.2) is 12.4 Å². The van der Waals surface area contributed by atoms with Gasteiger partial charge in [-0.3, -0.25) is 14.5 Å². The molecule has 1 amide bonds. The van der Waals surface area contributed by atoms with Crippen LogP contribution in [-0.2, 0) is 14.3 Å². The summed E-state index contributed by atoms with van der Waals surface area (Å²) in [5, 5.41) is 0. The van der Waals surface area contributed by atoms with Crippen LogP contribution in [-0.4, -0.2) is 36.9 Å². The molecule has 0 saturated heterocycles. The molecule has 2 rings (SSSR count). The standard InChI is InChI=1S/C18H23NO5/c1-4-9-23-18(22)13(5-2)19-14-10-12(15(20)6-3)7-8-16(14)24-11-17(19)21/h7-8,10,13H,4-6,9,11H2,1-3H3. The van der Waals surface area contributed by atoms with Crippen molar-refractivity contribution in [3.63, 3.8) is 0 Å². The number of rotatable bonds is 7. The highest BCUT2D eigenvalue weighted by atomic mass is 16.5. The van der Waals surface area contributed by atoms with Crippen molar-refractivity contribution in [2.75, 3.05) is 18.1 Å². The molecule has 0 aromatic heterocycles. The first-order valence-corrected chi connectivity index (χ1v) is 8.32. The number of nitrogens with zero attached hydrogens (tertiary/aromatic N) is 1. The smallest absolute Gasteiger partial charge is 0.329 e. The number of ether oxygens (including phenoxy) is 2. The molecule has 24 heavy (non-hydrogen) atoms. The molecule has 0 bridgehead atoms. The number of anilines is 1. The van der Waals surface area contributed by atoms with Crippen LogP contribution in [0, 0.1) is 0 Å². The summed E-state index contributed by atoms with van der Waals surface area (Å²) in [7, 11) is 0. The van der Waals surface area contributed by atoms with E-state index < -0.39 is 12.0 Å². The fraction of sp³-hybridized carbons (Fsp3) is 0.500. The molecule has 1 unspecified atom stereocenters. The molecule has 1 aliphatic rings. The second-order valence-electron chi connectivity index (χ2n) is 5.60. The van der Waals surface area contributed by atoms with E-state index in [1.165, 1.54) is 4.90 Å². The van der Waals surface area contributed by atoms with Crippen molar-refractivity contribution >= 4 is 23.3 Å². The van der Waals surface area contributed by atoms with E-state index in [0.29, 0.717) is 42.9 Å². The lowest BCUT2D eigenvalue weighted by molar-refractivity contribution is -0.146. The number of hydrogen-bond acceptors (Lipinski definition) is 5. The normalized spacial score (nSPS) is 14.6. The fourth-order valence-electron chi connectivity index (χ4n) is 2.64. The fourth-order valence-corrected chi connectivity index (χ4v) is 2.64. The van der Waals surface area contributed by atoms with Gasteiger partial charge in [0.1, 0.15) is 11.8 Å². The van der Waals surface area contributed by atoms with Gasteiger partial charge in [0.05, 0.1) is 12.3 Å². The number of benzene rings is 1. The highest BCUT2D eigenvalue weighted by Gasteiger charge is 2.36. The number of amides is 1. The Labute approximate surface area is 141 Å². The van der Waals surface area contributed by atoms with Gasteiger partial charge in [-0.15, -0.1) is 0 Å². The second-order valence-corrected chi connectivity index (χ2v) is 5.60. The highest BCUT2D eigenvalue weighted by molar-refractivity contribution is 6.05. The molecule has 1 aromatic carbocycles. The predicted octanol–water partition coefficient (Wildman–Crippen LogP) is 2.74. The van der Waals surface area contributed by atoms with Crippen LogP contribution >= 0.6 is 0 Å². The van der Waals surface area contributed by atoms with Crippen molar-refractivity contribution < 1.29 is 23.9 Å². The molecule has 1 aromatic rings. The van der Waals surface area contributed by atoms with Gasteiger partial charge in [0, 0.05) is 12.0 Å². The van der Waals surface area contributed by atoms with Crippen molar-refractivity contribution in [3.05, 3.63) is 23.8 Å². The molecule has 6 heteroatoms. The molecular weight excluding hydrogens is 310 g/mol. The largest absolute Gasteiger partial charge is 0.482 e. The number of hydrogen-bond donors (Lipinski definition) is 0. The summed E-state index contributed by atoms with van der Waals surface area (Å²) < 4.78 is 10.7. The van der Waals surface area contributed by atoms with Crippen LogP contribution in [0.3, 0.4) is 0 Å². The molecule has 0 radical (unpaired) electrons. The number of Topliss-reactive ketones (excluding diaryl/α,β-unsaturated/α-hetero) is 1. The Morgan fingerprint density at radius 1 is 1.29 bits per heavy atom. The number of esters is 1. The Balaban J connectivity index is 2.41. The lowest BCUT2D eigenvalue weighted by Gasteiger charge is -2.34. The Kier molecular flexibility index (Phi) is 5.95. The molecule has 0 N–H and O–H groups in total. The molecule has 1 heterocycles. The van der Waals surface area contributed by atoms with E-state index in [-0.39, 0.29) is 18.3 Å². The summed E-state index contributed by atoms with van der Waals surface area (Å²) >= 11 is 0. The van der Waals surface area contributed by atoms with Crippen molar-refractivity contribution in [2.24, 2.45) is 0 Å². The van der Waals surface area contributed by atoms with Crippen LogP contribution in [0.5, 0.6) is 5.75 Å². The van der Waals surface area contributed by atoms with Crippen LogP contribution in [0.2, 0.25) is 0 Å². The van der Waals surface area contributed by atoms with Crippen LogP contribution < -0.4 is 9.64 Å². The SMILES string of the molecule is CCCOC(=O)C(CC)N1C(=O)COc2ccc(C(=O)CC)cc21. The third-order valence-corrected chi connectivity index (χ3v) is 3.90. The zero-order valence-electron chi connectivity index (χ0n) is 14.3.